The second-order valence-corrected chi connectivity index (χ2v) is 6.11. The lowest BCUT2D eigenvalue weighted by molar-refractivity contribution is 0.0762. The highest BCUT2D eigenvalue weighted by Crippen LogP contribution is 2.24. The molecule has 20 heavy (non-hydrogen) atoms. The number of hydrogen-bond donors (Lipinski definition) is 0. The predicted octanol–water partition coefficient (Wildman–Crippen LogP) is 2.59. The third kappa shape index (κ3) is 4.19. The van der Waals surface area contributed by atoms with Gasteiger partial charge in [-0.2, -0.15) is 0 Å². The summed E-state index contributed by atoms with van der Waals surface area (Å²) in [6.45, 7) is 7.97. The van der Waals surface area contributed by atoms with Gasteiger partial charge in [0, 0.05) is 32.8 Å². The van der Waals surface area contributed by atoms with Gasteiger partial charge in [-0.25, -0.2) is 0 Å². The first-order valence-electron chi connectivity index (χ1n) is 7.04. The van der Waals surface area contributed by atoms with Gasteiger partial charge in [-0.05, 0) is 31.3 Å². The predicted molar refractivity (Wildman–Crippen MR) is 82.8 cm³/mol. The average Bonchev–Trinajstić information content (AvgIpc) is 2.73. The number of hydrogen-bond acceptors (Lipinski definition) is 4. The molecule has 0 N–H and O–H groups in total. The third-order valence-corrected chi connectivity index (χ3v) is 4.77. The minimum absolute atomic E-state index is 0.0664. The number of nitrogens with zero attached hydrogens (tertiary/aromatic N) is 2. The molecule has 2 heterocycles. The highest BCUT2D eigenvalue weighted by atomic mass is 35.5. The molecule has 1 amide bonds. The molecule has 1 fully saturated rings. The number of carbonyl (C=O) groups is 1. The molecule has 1 aromatic heterocycles. The fourth-order valence-electron chi connectivity index (χ4n) is 2.33. The first-order chi connectivity index (χ1) is 9.72. The van der Waals surface area contributed by atoms with Crippen molar-refractivity contribution < 1.29 is 9.53 Å². The first-order valence-corrected chi connectivity index (χ1v) is 8.30. The van der Waals surface area contributed by atoms with Gasteiger partial charge >= 0.3 is 0 Å². The van der Waals surface area contributed by atoms with Crippen molar-refractivity contribution in [2.24, 2.45) is 0 Å². The zero-order valence-electron chi connectivity index (χ0n) is 11.8. The van der Waals surface area contributed by atoms with Crippen molar-refractivity contribution in [1.82, 2.24) is 9.80 Å². The second kappa shape index (κ2) is 7.98. The van der Waals surface area contributed by atoms with Crippen LogP contribution in [0.25, 0.3) is 0 Å². The van der Waals surface area contributed by atoms with Crippen LogP contribution in [0.5, 0.6) is 0 Å². The van der Waals surface area contributed by atoms with E-state index < -0.39 is 0 Å². The van der Waals surface area contributed by atoms with Crippen LogP contribution in [0.4, 0.5) is 0 Å². The Balaban J connectivity index is 1.86. The van der Waals surface area contributed by atoms with Crippen molar-refractivity contribution in [3.05, 3.63) is 21.3 Å². The smallest absolute Gasteiger partial charge is 0.265 e. The Bertz CT molecular complexity index is 439. The van der Waals surface area contributed by atoms with Crippen molar-refractivity contribution in [1.29, 1.82) is 0 Å². The van der Waals surface area contributed by atoms with Crippen LogP contribution < -0.4 is 0 Å². The number of amides is 1. The van der Waals surface area contributed by atoms with Crippen molar-refractivity contribution in [3.63, 3.8) is 0 Å². The SMILES string of the molecule is CCOCCN1CCCN(C(=O)c2sccc2Cl)CC1. The van der Waals surface area contributed by atoms with Gasteiger partial charge in [0.2, 0.25) is 0 Å². The van der Waals surface area contributed by atoms with Crippen molar-refractivity contribution in [3.8, 4) is 0 Å². The summed E-state index contributed by atoms with van der Waals surface area (Å²) in [6.07, 6.45) is 1.00. The lowest BCUT2D eigenvalue weighted by Crippen LogP contribution is -2.35. The number of rotatable bonds is 5. The molecule has 0 saturated carbocycles. The molecule has 0 aliphatic carbocycles. The van der Waals surface area contributed by atoms with Gasteiger partial charge in [0.25, 0.3) is 5.91 Å². The van der Waals surface area contributed by atoms with E-state index in [1.165, 1.54) is 11.3 Å². The van der Waals surface area contributed by atoms with Gasteiger partial charge in [-0.1, -0.05) is 11.6 Å². The molecular weight excluding hydrogens is 296 g/mol. The Labute approximate surface area is 129 Å². The fourth-order valence-corrected chi connectivity index (χ4v) is 3.43. The normalized spacial score (nSPS) is 17.2. The molecule has 0 atom stereocenters. The minimum atomic E-state index is 0.0664. The molecule has 1 saturated heterocycles. The molecule has 0 spiro atoms. The van der Waals surface area contributed by atoms with Gasteiger partial charge < -0.3 is 9.64 Å². The molecule has 112 valence electrons. The minimum Gasteiger partial charge on any atom is -0.380 e. The fraction of sp³-hybridized carbons (Fsp3) is 0.643. The van der Waals surface area contributed by atoms with E-state index in [0.717, 1.165) is 52.4 Å². The van der Waals surface area contributed by atoms with E-state index in [0.29, 0.717) is 9.90 Å². The summed E-state index contributed by atoms with van der Waals surface area (Å²) in [6, 6.07) is 1.78. The van der Waals surface area contributed by atoms with Crippen LogP contribution in [0.15, 0.2) is 11.4 Å². The van der Waals surface area contributed by atoms with Crippen LogP contribution in [0, 0.1) is 0 Å². The summed E-state index contributed by atoms with van der Waals surface area (Å²) in [5.41, 5.74) is 0. The summed E-state index contributed by atoms with van der Waals surface area (Å²) in [5, 5.41) is 2.43. The van der Waals surface area contributed by atoms with E-state index in [1.54, 1.807) is 6.07 Å². The number of halogens is 1. The molecular formula is C14H21ClN2O2S. The Kier molecular flexibility index (Phi) is 6.29. The topological polar surface area (TPSA) is 32.8 Å². The zero-order valence-corrected chi connectivity index (χ0v) is 13.4. The molecule has 0 aromatic carbocycles. The molecule has 0 radical (unpaired) electrons. The van der Waals surface area contributed by atoms with Gasteiger partial charge in [0.1, 0.15) is 4.88 Å². The zero-order chi connectivity index (χ0) is 14.4. The molecule has 6 heteroatoms. The maximum atomic E-state index is 12.4. The van der Waals surface area contributed by atoms with Crippen molar-refractivity contribution in [2.75, 3.05) is 45.9 Å². The van der Waals surface area contributed by atoms with Gasteiger partial charge in [0.05, 0.1) is 11.6 Å². The molecule has 0 unspecified atom stereocenters. The van der Waals surface area contributed by atoms with Gasteiger partial charge in [-0.15, -0.1) is 11.3 Å². The number of ether oxygens (including phenoxy) is 1. The standard InChI is InChI=1S/C14H21ClN2O2S/c1-2-19-10-9-16-5-3-6-17(8-7-16)14(18)13-12(15)4-11-20-13/h4,11H,2-3,5-10H2,1H3. The maximum Gasteiger partial charge on any atom is 0.265 e. The van der Waals surface area contributed by atoms with Gasteiger partial charge in [-0.3, -0.25) is 9.69 Å². The monoisotopic (exact) mass is 316 g/mol. The van der Waals surface area contributed by atoms with Gasteiger partial charge in [0.15, 0.2) is 0 Å². The van der Waals surface area contributed by atoms with E-state index in [2.05, 4.69) is 4.90 Å². The van der Waals surface area contributed by atoms with Crippen LogP contribution in [-0.2, 0) is 4.74 Å². The summed E-state index contributed by atoms with van der Waals surface area (Å²) in [4.78, 5) is 17.3. The van der Waals surface area contributed by atoms with Crippen LogP contribution in [0.3, 0.4) is 0 Å². The molecule has 0 bridgehead atoms. The summed E-state index contributed by atoms with van der Waals surface area (Å²) in [7, 11) is 0. The first kappa shape index (κ1) is 15.8. The summed E-state index contributed by atoms with van der Waals surface area (Å²) >= 11 is 7.46. The number of carbonyl (C=O) groups excluding carboxylic acids is 1. The lowest BCUT2D eigenvalue weighted by Gasteiger charge is -2.21. The summed E-state index contributed by atoms with van der Waals surface area (Å²) < 4.78 is 5.39. The molecule has 4 nitrogen and oxygen atoms in total. The lowest BCUT2D eigenvalue weighted by atomic mass is 10.3. The Morgan fingerprint density at radius 3 is 2.95 bits per heavy atom. The average molecular weight is 317 g/mol. The molecule has 1 aliphatic heterocycles. The molecule has 1 aromatic rings. The second-order valence-electron chi connectivity index (χ2n) is 4.78. The van der Waals surface area contributed by atoms with Crippen LogP contribution in [0.2, 0.25) is 5.02 Å². The Hall–Kier alpha value is -0.620. The largest absolute Gasteiger partial charge is 0.380 e. The van der Waals surface area contributed by atoms with E-state index in [4.69, 9.17) is 16.3 Å². The molecule has 1 aliphatic rings. The quantitative estimate of drug-likeness (QED) is 0.783. The Morgan fingerprint density at radius 2 is 2.25 bits per heavy atom. The maximum absolute atomic E-state index is 12.4. The van der Waals surface area contributed by atoms with Crippen LogP contribution in [0.1, 0.15) is 23.0 Å². The van der Waals surface area contributed by atoms with Crippen LogP contribution in [-0.4, -0.2) is 61.6 Å². The third-order valence-electron chi connectivity index (χ3n) is 3.44. The highest BCUT2D eigenvalue weighted by Gasteiger charge is 2.22. The van der Waals surface area contributed by atoms with E-state index in [1.807, 2.05) is 17.2 Å². The van der Waals surface area contributed by atoms with Crippen molar-refractivity contribution >= 4 is 28.8 Å². The van der Waals surface area contributed by atoms with Crippen LogP contribution >= 0.6 is 22.9 Å². The van der Waals surface area contributed by atoms with Crippen molar-refractivity contribution in [2.45, 2.75) is 13.3 Å². The highest BCUT2D eigenvalue weighted by molar-refractivity contribution is 7.12. The Morgan fingerprint density at radius 1 is 1.40 bits per heavy atom. The van der Waals surface area contributed by atoms with E-state index in [9.17, 15) is 4.79 Å². The number of thiophene rings is 1. The van der Waals surface area contributed by atoms with E-state index >= 15 is 0 Å². The molecule has 2 rings (SSSR count). The van der Waals surface area contributed by atoms with E-state index in [-0.39, 0.29) is 5.91 Å². The summed E-state index contributed by atoms with van der Waals surface area (Å²) in [5.74, 6) is 0.0664.